The molecule has 2 atom stereocenters. The van der Waals surface area contributed by atoms with Gasteiger partial charge in [0.15, 0.2) is 0 Å². The van der Waals surface area contributed by atoms with Gasteiger partial charge in [-0.3, -0.25) is 0 Å². The maximum Gasteiger partial charge on any atom is 0.241 e. The van der Waals surface area contributed by atoms with E-state index in [9.17, 15) is 13.5 Å². The van der Waals surface area contributed by atoms with E-state index < -0.39 is 10.0 Å². The summed E-state index contributed by atoms with van der Waals surface area (Å²) in [6.45, 7) is 3.66. The number of hydrogen-bond donors (Lipinski definition) is 2. The van der Waals surface area contributed by atoms with E-state index in [-0.39, 0.29) is 29.1 Å². The molecule has 0 spiro atoms. The third kappa shape index (κ3) is 2.61. The number of sulfonamides is 1. The molecule has 0 aliphatic heterocycles. The van der Waals surface area contributed by atoms with E-state index in [1.165, 1.54) is 6.07 Å². The lowest BCUT2D eigenvalue weighted by atomic mass is 9.65. The Hall–Kier alpha value is -0.950. The lowest BCUT2D eigenvalue weighted by Gasteiger charge is -2.51. The van der Waals surface area contributed by atoms with Crippen LogP contribution in [-0.4, -0.2) is 32.8 Å². The van der Waals surface area contributed by atoms with Crippen LogP contribution in [0.5, 0.6) is 0 Å². The van der Waals surface area contributed by atoms with E-state index >= 15 is 0 Å². The molecular formula is C14H21NO4S. The lowest BCUT2D eigenvalue weighted by Crippen LogP contribution is -2.61. The van der Waals surface area contributed by atoms with Gasteiger partial charge in [0.2, 0.25) is 10.0 Å². The highest BCUT2D eigenvalue weighted by Crippen LogP contribution is 2.43. The highest BCUT2D eigenvalue weighted by molar-refractivity contribution is 7.89. The van der Waals surface area contributed by atoms with E-state index in [1.807, 2.05) is 13.8 Å². The van der Waals surface area contributed by atoms with Crippen molar-refractivity contribution < 1.29 is 18.3 Å². The van der Waals surface area contributed by atoms with Gasteiger partial charge >= 0.3 is 0 Å². The Morgan fingerprint density at radius 3 is 2.60 bits per heavy atom. The van der Waals surface area contributed by atoms with Crippen LogP contribution in [0.25, 0.3) is 0 Å². The summed E-state index contributed by atoms with van der Waals surface area (Å²) in [6.07, 6.45) is 0.715. The Labute approximate surface area is 120 Å². The third-order valence-corrected chi connectivity index (χ3v) is 5.76. The van der Waals surface area contributed by atoms with E-state index in [0.29, 0.717) is 12.0 Å². The van der Waals surface area contributed by atoms with Crippen LogP contribution in [0.4, 0.5) is 0 Å². The van der Waals surface area contributed by atoms with Gasteiger partial charge in [-0.1, -0.05) is 32.0 Å². The number of rotatable bonds is 5. The number of methoxy groups -OCH3 is 1. The molecule has 2 N–H and O–H groups in total. The van der Waals surface area contributed by atoms with Gasteiger partial charge in [-0.2, -0.15) is 0 Å². The zero-order chi connectivity index (χ0) is 15.0. The van der Waals surface area contributed by atoms with Gasteiger partial charge in [0.1, 0.15) is 0 Å². The highest BCUT2D eigenvalue weighted by Gasteiger charge is 2.50. The molecule has 1 aliphatic rings. The molecule has 20 heavy (non-hydrogen) atoms. The standard InChI is InChI=1S/C14H21NO4S/c1-14(2)12(8-13(14)19-3)15-20(17,18)11-7-5-4-6-10(11)9-16/h4-7,12-13,15-16H,8-9H2,1-3H3. The SMILES string of the molecule is COC1CC(NS(=O)(=O)c2ccccc2CO)C1(C)C. The maximum atomic E-state index is 12.4. The molecule has 5 nitrogen and oxygen atoms in total. The predicted molar refractivity (Wildman–Crippen MR) is 75.7 cm³/mol. The van der Waals surface area contributed by atoms with Crippen molar-refractivity contribution in [1.29, 1.82) is 0 Å². The number of nitrogens with one attached hydrogen (secondary N) is 1. The minimum absolute atomic E-state index is 0.0586. The number of aliphatic hydroxyl groups is 1. The number of hydrogen-bond acceptors (Lipinski definition) is 4. The summed E-state index contributed by atoms with van der Waals surface area (Å²) < 4.78 is 32.9. The number of ether oxygens (including phenoxy) is 1. The van der Waals surface area contributed by atoms with Crippen LogP contribution in [0.1, 0.15) is 25.8 Å². The van der Waals surface area contributed by atoms with Gasteiger partial charge < -0.3 is 9.84 Å². The monoisotopic (exact) mass is 299 g/mol. The smallest absolute Gasteiger partial charge is 0.241 e. The summed E-state index contributed by atoms with van der Waals surface area (Å²) in [5.41, 5.74) is 0.163. The number of aliphatic hydroxyl groups excluding tert-OH is 1. The van der Waals surface area contributed by atoms with Crippen molar-refractivity contribution in [2.45, 2.75) is 43.9 Å². The Morgan fingerprint density at radius 1 is 1.40 bits per heavy atom. The summed E-state index contributed by atoms with van der Waals surface area (Å²) >= 11 is 0. The molecule has 1 fully saturated rings. The molecule has 1 aromatic carbocycles. The van der Waals surface area contributed by atoms with Crippen molar-refractivity contribution >= 4 is 10.0 Å². The lowest BCUT2D eigenvalue weighted by molar-refractivity contribution is -0.0908. The largest absolute Gasteiger partial charge is 0.392 e. The van der Waals surface area contributed by atoms with Gasteiger partial charge in [-0.25, -0.2) is 13.1 Å². The summed E-state index contributed by atoms with van der Waals surface area (Å²) in [5.74, 6) is 0. The first kappa shape index (κ1) is 15.4. The molecule has 0 aromatic heterocycles. The second-order valence-corrected chi connectivity index (χ2v) is 7.40. The second-order valence-electron chi connectivity index (χ2n) is 5.72. The van der Waals surface area contributed by atoms with E-state index in [1.54, 1.807) is 25.3 Å². The molecule has 112 valence electrons. The number of benzene rings is 1. The molecular weight excluding hydrogens is 278 g/mol. The first-order chi connectivity index (χ1) is 9.32. The Kier molecular flexibility index (Phi) is 4.20. The average Bonchev–Trinajstić information content (AvgIpc) is 2.43. The third-order valence-electron chi connectivity index (χ3n) is 4.19. The van der Waals surface area contributed by atoms with Crippen molar-refractivity contribution in [2.75, 3.05) is 7.11 Å². The van der Waals surface area contributed by atoms with Crippen LogP contribution in [0, 0.1) is 5.41 Å². The highest BCUT2D eigenvalue weighted by atomic mass is 32.2. The van der Waals surface area contributed by atoms with Crippen LogP contribution < -0.4 is 4.72 Å². The molecule has 0 bridgehead atoms. The summed E-state index contributed by atoms with van der Waals surface area (Å²) in [5, 5.41) is 9.26. The molecule has 6 heteroatoms. The fourth-order valence-electron chi connectivity index (χ4n) is 2.63. The second kappa shape index (κ2) is 5.44. The van der Waals surface area contributed by atoms with Crippen molar-refractivity contribution in [3.05, 3.63) is 29.8 Å². The molecule has 0 radical (unpaired) electrons. The fraction of sp³-hybridized carbons (Fsp3) is 0.571. The zero-order valence-corrected chi connectivity index (χ0v) is 12.8. The quantitative estimate of drug-likeness (QED) is 0.858. The normalized spacial score (nSPS) is 25.2. The topological polar surface area (TPSA) is 75.6 Å². The first-order valence-electron chi connectivity index (χ1n) is 6.57. The molecule has 0 saturated heterocycles. The summed E-state index contributed by atoms with van der Waals surface area (Å²) in [7, 11) is -1.99. The van der Waals surface area contributed by atoms with Gasteiger partial charge in [-0.15, -0.1) is 0 Å². The van der Waals surface area contributed by atoms with Gasteiger partial charge in [0.05, 0.1) is 17.6 Å². The van der Waals surface area contributed by atoms with Crippen molar-refractivity contribution in [1.82, 2.24) is 4.72 Å². The van der Waals surface area contributed by atoms with Crippen LogP contribution >= 0.6 is 0 Å². The van der Waals surface area contributed by atoms with E-state index in [0.717, 1.165) is 0 Å². The van der Waals surface area contributed by atoms with Crippen LogP contribution in [0.3, 0.4) is 0 Å². The van der Waals surface area contributed by atoms with Crippen LogP contribution in [0.15, 0.2) is 29.2 Å². The molecule has 1 saturated carbocycles. The molecule has 2 unspecified atom stereocenters. The van der Waals surface area contributed by atoms with Crippen molar-refractivity contribution in [3.63, 3.8) is 0 Å². The fourth-order valence-corrected chi connectivity index (χ4v) is 4.27. The molecule has 1 aliphatic carbocycles. The van der Waals surface area contributed by atoms with Gasteiger partial charge in [-0.05, 0) is 18.1 Å². The molecule has 0 amide bonds. The van der Waals surface area contributed by atoms with Crippen molar-refractivity contribution in [2.24, 2.45) is 5.41 Å². The Morgan fingerprint density at radius 2 is 2.05 bits per heavy atom. The predicted octanol–water partition coefficient (Wildman–Crippen LogP) is 1.27. The van der Waals surface area contributed by atoms with E-state index in [2.05, 4.69) is 4.72 Å². The Balaban J connectivity index is 2.21. The Bertz CT molecular complexity index is 583. The minimum atomic E-state index is -3.63. The minimum Gasteiger partial charge on any atom is -0.392 e. The van der Waals surface area contributed by atoms with Gasteiger partial charge in [0, 0.05) is 18.6 Å². The molecule has 1 aromatic rings. The van der Waals surface area contributed by atoms with Gasteiger partial charge in [0.25, 0.3) is 0 Å². The summed E-state index contributed by atoms with van der Waals surface area (Å²) in [4.78, 5) is 0.138. The van der Waals surface area contributed by atoms with Crippen LogP contribution in [-0.2, 0) is 21.4 Å². The maximum absolute atomic E-state index is 12.4. The average molecular weight is 299 g/mol. The molecule has 2 rings (SSSR count). The summed E-state index contributed by atoms with van der Waals surface area (Å²) in [6, 6.07) is 6.31. The van der Waals surface area contributed by atoms with Crippen molar-refractivity contribution in [3.8, 4) is 0 Å². The van der Waals surface area contributed by atoms with Crippen LogP contribution in [0.2, 0.25) is 0 Å². The first-order valence-corrected chi connectivity index (χ1v) is 8.05. The zero-order valence-electron chi connectivity index (χ0n) is 12.0. The molecule has 0 heterocycles. The van der Waals surface area contributed by atoms with E-state index in [4.69, 9.17) is 4.74 Å².